The molecule has 0 atom stereocenters. The normalized spacial score (nSPS) is 16.0. The van der Waals surface area contributed by atoms with Crippen LogP contribution in [0.15, 0.2) is 30.3 Å². The molecule has 1 fully saturated rings. The number of rotatable bonds is 3. The molecule has 3 rings (SSSR count). The predicted octanol–water partition coefficient (Wildman–Crippen LogP) is 2.39. The largest absolute Gasteiger partial charge is 0.353 e. The van der Waals surface area contributed by atoms with Crippen molar-refractivity contribution in [3.63, 3.8) is 0 Å². The van der Waals surface area contributed by atoms with Gasteiger partial charge in [-0.25, -0.2) is 8.78 Å². The maximum absolute atomic E-state index is 13.7. The first-order chi connectivity index (χ1) is 10.6. The van der Waals surface area contributed by atoms with Crippen molar-refractivity contribution in [2.75, 3.05) is 31.1 Å². The summed E-state index contributed by atoms with van der Waals surface area (Å²) < 4.78 is 26.6. The van der Waals surface area contributed by atoms with Gasteiger partial charge in [-0.3, -0.25) is 4.90 Å². The van der Waals surface area contributed by atoms with E-state index in [-0.39, 0.29) is 0 Å². The maximum atomic E-state index is 13.7. The monoisotopic (exact) mass is 304 g/mol. The maximum Gasteiger partial charge on any atom is 0.151 e. The molecule has 4 nitrogen and oxygen atoms in total. The van der Waals surface area contributed by atoms with E-state index in [1.807, 2.05) is 19.1 Å². The van der Waals surface area contributed by atoms with Crippen LogP contribution in [0.3, 0.4) is 0 Å². The summed E-state index contributed by atoms with van der Waals surface area (Å²) in [6.45, 7) is 5.67. The summed E-state index contributed by atoms with van der Waals surface area (Å²) in [5, 5.41) is 8.26. The number of hydrogen-bond acceptors (Lipinski definition) is 4. The van der Waals surface area contributed by atoms with Crippen LogP contribution in [-0.4, -0.2) is 41.3 Å². The zero-order chi connectivity index (χ0) is 15.5. The zero-order valence-electron chi connectivity index (χ0n) is 12.5. The summed E-state index contributed by atoms with van der Waals surface area (Å²) in [5.41, 5.74) is 1.43. The molecular formula is C16H18F2N4. The van der Waals surface area contributed by atoms with Gasteiger partial charge in [-0.05, 0) is 25.1 Å². The number of halogens is 2. The summed E-state index contributed by atoms with van der Waals surface area (Å²) in [6, 6.07) is 7.67. The lowest BCUT2D eigenvalue weighted by atomic mass is 10.2. The first-order valence-corrected chi connectivity index (χ1v) is 7.33. The molecule has 1 saturated heterocycles. The highest BCUT2D eigenvalue weighted by Crippen LogP contribution is 2.16. The van der Waals surface area contributed by atoms with Crippen LogP contribution in [0.4, 0.5) is 14.6 Å². The van der Waals surface area contributed by atoms with Gasteiger partial charge >= 0.3 is 0 Å². The first kappa shape index (κ1) is 14.8. The number of aryl methyl sites for hydroxylation is 1. The molecular weight excluding hydrogens is 286 g/mol. The minimum atomic E-state index is -0.538. The van der Waals surface area contributed by atoms with Crippen molar-refractivity contribution in [1.29, 1.82) is 0 Å². The number of benzene rings is 1. The molecule has 116 valence electrons. The second kappa shape index (κ2) is 6.36. The summed E-state index contributed by atoms with van der Waals surface area (Å²) in [7, 11) is 0. The fourth-order valence-electron chi connectivity index (χ4n) is 2.59. The third kappa shape index (κ3) is 3.39. The second-order valence-electron chi connectivity index (χ2n) is 5.53. The lowest BCUT2D eigenvalue weighted by molar-refractivity contribution is 0.246. The van der Waals surface area contributed by atoms with E-state index in [9.17, 15) is 8.78 Å². The van der Waals surface area contributed by atoms with E-state index in [2.05, 4.69) is 20.0 Å². The van der Waals surface area contributed by atoms with Crippen LogP contribution < -0.4 is 4.90 Å². The Morgan fingerprint density at radius 3 is 2.41 bits per heavy atom. The number of anilines is 1. The third-order valence-electron chi connectivity index (χ3n) is 3.89. The molecule has 0 amide bonds. The van der Waals surface area contributed by atoms with Crippen LogP contribution in [0.1, 0.15) is 11.3 Å². The van der Waals surface area contributed by atoms with Crippen LogP contribution in [0.25, 0.3) is 0 Å². The van der Waals surface area contributed by atoms with Crippen molar-refractivity contribution in [2.24, 2.45) is 0 Å². The van der Waals surface area contributed by atoms with Gasteiger partial charge in [0.05, 0.1) is 5.69 Å². The molecule has 6 heteroatoms. The van der Waals surface area contributed by atoms with Crippen LogP contribution in [0.2, 0.25) is 0 Å². The summed E-state index contributed by atoms with van der Waals surface area (Å²) >= 11 is 0. The Kier molecular flexibility index (Phi) is 4.29. The molecule has 1 aromatic heterocycles. The molecule has 0 aliphatic carbocycles. The molecule has 0 bridgehead atoms. The first-order valence-electron chi connectivity index (χ1n) is 7.33. The molecule has 0 radical (unpaired) electrons. The third-order valence-corrected chi connectivity index (χ3v) is 3.89. The molecule has 2 heterocycles. The molecule has 1 aliphatic rings. The Morgan fingerprint density at radius 2 is 1.77 bits per heavy atom. The lowest BCUT2D eigenvalue weighted by Crippen LogP contribution is -2.46. The summed E-state index contributed by atoms with van der Waals surface area (Å²) in [4.78, 5) is 4.33. The van der Waals surface area contributed by atoms with E-state index >= 15 is 0 Å². The molecule has 1 aromatic carbocycles. The fraction of sp³-hybridized carbons (Fsp3) is 0.375. The number of piperazine rings is 1. The Hall–Kier alpha value is -2.08. The van der Waals surface area contributed by atoms with Gasteiger partial charge in [0.25, 0.3) is 0 Å². The van der Waals surface area contributed by atoms with Crippen LogP contribution in [0.5, 0.6) is 0 Å². The topological polar surface area (TPSA) is 32.3 Å². The van der Waals surface area contributed by atoms with Gasteiger partial charge in [-0.2, -0.15) is 5.10 Å². The molecule has 0 unspecified atom stereocenters. The predicted molar refractivity (Wildman–Crippen MR) is 80.6 cm³/mol. The molecule has 22 heavy (non-hydrogen) atoms. The Labute approximate surface area is 128 Å². The lowest BCUT2D eigenvalue weighted by Gasteiger charge is -2.35. The quantitative estimate of drug-likeness (QED) is 0.871. The van der Waals surface area contributed by atoms with Gasteiger partial charge in [0, 0.05) is 44.4 Å². The second-order valence-corrected chi connectivity index (χ2v) is 5.53. The summed E-state index contributed by atoms with van der Waals surface area (Å²) in [5.74, 6) is -0.144. The Morgan fingerprint density at radius 1 is 1.00 bits per heavy atom. The molecule has 2 aromatic rings. The van der Waals surface area contributed by atoms with Crippen molar-refractivity contribution in [1.82, 2.24) is 15.1 Å². The number of nitrogens with zero attached hydrogens (tertiary/aromatic N) is 4. The SMILES string of the molecule is Cc1ccc(N2CCN(Cc3ccc(F)cc3F)CC2)nn1. The van der Waals surface area contributed by atoms with E-state index in [0.29, 0.717) is 12.1 Å². The van der Waals surface area contributed by atoms with Gasteiger partial charge in [0.1, 0.15) is 11.6 Å². The van der Waals surface area contributed by atoms with E-state index in [0.717, 1.165) is 43.8 Å². The fourth-order valence-corrected chi connectivity index (χ4v) is 2.59. The Balaban J connectivity index is 1.58. The average Bonchev–Trinajstić information content (AvgIpc) is 2.52. The van der Waals surface area contributed by atoms with Gasteiger partial charge < -0.3 is 4.90 Å². The van der Waals surface area contributed by atoms with Crippen LogP contribution >= 0.6 is 0 Å². The van der Waals surface area contributed by atoms with E-state index in [1.54, 1.807) is 0 Å². The smallest absolute Gasteiger partial charge is 0.151 e. The number of aromatic nitrogens is 2. The zero-order valence-corrected chi connectivity index (χ0v) is 12.5. The number of hydrogen-bond donors (Lipinski definition) is 0. The minimum absolute atomic E-state index is 0.480. The highest BCUT2D eigenvalue weighted by Gasteiger charge is 2.19. The minimum Gasteiger partial charge on any atom is -0.353 e. The van der Waals surface area contributed by atoms with Gasteiger partial charge in [0.15, 0.2) is 5.82 Å². The van der Waals surface area contributed by atoms with Crippen molar-refractivity contribution in [2.45, 2.75) is 13.5 Å². The van der Waals surface area contributed by atoms with Crippen LogP contribution in [0, 0.1) is 18.6 Å². The van der Waals surface area contributed by atoms with Crippen molar-refractivity contribution in [3.05, 3.63) is 53.2 Å². The van der Waals surface area contributed by atoms with Crippen LogP contribution in [-0.2, 0) is 6.54 Å². The summed E-state index contributed by atoms with van der Waals surface area (Å²) in [6.07, 6.45) is 0. The van der Waals surface area contributed by atoms with E-state index < -0.39 is 11.6 Å². The van der Waals surface area contributed by atoms with Crippen molar-refractivity contribution < 1.29 is 8.78 Å². The molecule has 0 N–H and O–H groups in total. The standard InChI is InChI=1S/C16H18F2N4/c1-12-2-5-16(20-19-12)22-8-6-21(7-9-22)11-13-3-4-14(17)10-15(13)18/h2-5,10H,6-9,11H2,1H3. The Bertz CT molecular complexity index is 637. The molecule has 0 spiro atoms. The van der Waals surface area contributed by atoms with E-state index in [1.165, 1.54) is 12.1 Å². The van der Waals surface area contributed by atoms with Crippen molar-refractivity contribution in [3.8, 4) is 0 Å². The highest BCUT2D eigenvalue weighted by atomic mass is 19.1. The van der Waals surface area contributed by atoms with E-state index in [4.69, 9.17) is 0 Å². The highest BCUT2D eigenvalue weighted by molar-refractivity contribution is 5.37. The molecule has 1 aliphatic heterocycles. The average molecular weight is 304 g/mol. The van der Waals surface area contributed by atoms with Gasteiger partial charge in [-0.1, -0.05) is 6.07 Å². The molecule has 0 saturated carbocycles. The van der Waals surface area contributed by atoms with Gasteiger partial charge in [0.2, 0.25) is 0 Å². The van der Waals surface area contributed by atoms with Gasteiger partial charge in [-0.15, -0.1) is 5.10 Å². The van der Waals surface area contributed by atoms with Crippen molar-refractivity contribution >= 4 is 5.82 Å².